The summed E-state index contributed by atoms with van der Waals surface area (Å²) in [4.78, 5) is 29.1. The standard InChI is InChI=1S/C17H16F2N2O4/c1-21(10-11-3-6-13(7-4-11)25-17(18)19)15(22)14-8-5-12(9-20-14)16(23)24-2/h3-9,17H,10H2,1-2H3. The van der Waals surface area contributed by atoms with E-state index in [9.17, 15) is 18.4 Å². The number of esters is 1. The average molecular weight is 350 g/mol. The molecule has 8 heteroatoms. The molecule has 2 rings (SSSR count). The van der Waals surface area contributed by atoms with Crippen LogP contribution in [0.15, 0.2) is 42.6 Å². The Morgan fingerprint density at radius 1 is 1.16 bits per heavy atom. The fraction of sp³-hybridized carbons (Fsp3) is 0.235. The van der Waals surface area contributed by atoms with Crippen molar-refractivity contribution in [1.82, 2.24) is 9.88 Å². The fourth-order valence-corrected chi connectivity index (χ4v) is 2.08. The van der Waals surface area contributed by atoms with Crippen molar-refractivity contribution in [2.75, 3.05) is 14.2 Å². The van der Waals surface area contributed by atoms with Gasteiger partial charge in [0.05, 0.1) is 12.7 Å². The smallest absolute Gasteiger partial charge is 0.387 e. The second kappa shape index (κ2) is 8.18. The first-order valence-corrected chi connectivity index (χ1v) is 7.24. The van der Waals surface area contributed by atoms with Gasteiger partial charge >= 0.3 is 12.6 Å². The molecule has 132 valence electrons. The van der Waals surface area contributed by atoms with Gasteiger partial charge in [-0.2, -0.15) is 8.78 Å². The number of methoxy groups -OCH3 is 1. The number of ether oxygens (including phenoxy) is 2. The molecule has 1 amide bonds. The van der Waals surface area contributed by atoms with Crippen LogP contribution in [-0.2, 0) is 11.3 Å². The third-order valence-corrected chi connectivity index (χ3v) is 3.32. The maximum absolute atomic E-state index is 12.3. The van der Waals surface area contributed by atoms with Crippen LogP contribution in [0.25, 0.3) is 0 Å². The van der Waals surface area contributed by atoms with Crippen molar-refractivity contribution in [2.24, 2.45) is 0 Å². The summed E-state index contributed by atoms with van der Waals surface area (Å²) in [6.07, 6.45) is 1.27. The van der Waals surface area contributed by atoms with Crippen molar-refractivity contribution in [3.63, 3.8) is 0 Å². The number of rotatable bonds is 6. The highest BCUT2D eigenvalue weighted by Crippen LogP contribution is 2.16. The molecule has 0 N–H and O–H groups in total. The lowest BCUT2D eigenvalue weighted by molar-refractivity contribution is -0.0498. The second-order valence-corrected chi connectivity index (χ2v) is 5.11. The van der Waals surface area contributed by atoms with Crippen LogP contribution in [0.5, 0.6) is 5.75 Å². The van der Waals surface area contributed by atoms with E-state index in [1.165, 1.54) is 42.5 Å². The van der Waals surface area contributed by atoms with Crippen molar-refractivity contribution >= 4 is 11.9 Å². The van der Waals surface area contributed by atoms with Crippen LogP contribution in [0, 0.1) is 0 Å². The Hall–Kier alpha value is -3.03. The van der Waals surface area contributed by atoms with Crippen molar-refractivity contribution in [2.45, 2.75) is 13.2 Å². The molecule has 1 aromatic carbocycles. The molecule has 0 aliphatic rings. The first-order valence-electron chi connectivity index (χ1n) is 7.24. The number of amides is 1. The number of hydrogen-bond donors (Lipinski definition) is 0. The summed E-state index contributed by atoms with van der Waals surface area (Å²) in [5, 5.41) is 0. The van der Waals surface area contributed by atoms with Crippen LogP contribution < -0.4 is 4.74 Å². The van der Waals surface area contributed by atoms with E-state index < -0.39 is 12.6 Å². The number of nitrogens with zero attached hydrogens (tertiary/aromatic N) is 2. The second-order valence-electron chi connectivity index (χ2n) is 5.11. The van der Waals surface area contributed by atoms with Crippen LogP contribution in [0.3, 0.4) is 0 Å². The molecule has 0 fully saturated rings. The molecule has 0 saturated heterocycles. The van der Waals surface area contributed by atoms with Crippen LogP contribution in [0.2, 0.25) is 0 Å². The first kappa shape index (κ1) is 18.3. The van der Waals surface area contributed by atoms with Gasteiger partial charge in [0.25, 0.3) is 5.91 Å². The van der Waals surface area contributed by atoms with Gasteiger partial charge in [-0.15, -0.1) is 0 Å². The normalized spacial score (nSPS) is 10.4. The molecule has 1 aromatic heterocycles. The summed E-state index contributed by atoms with van der Waals surface area (Å²) >= 11 is 0. The van der Waals surface area contributed by atoms with E-state index in [2.05, 4.69) is 14.5 Å². The number of aromatic nitrogens is 1. The Balaban J connectivity index is 2.01. The molecule has 0 atom stereocenters. The highest BCUT2D eigenvalue weighted by Gasteiger charge is 2.15. The summed E-state index contributed by atoms with van der Waals surface area (Å²) in [5.74, 6) is -0.830. The molecule has 0 aliphatic heterocycles. The first-order chi connectivity index (χ1) is 11.9. The number of pyridine rings is 1. The maximum atomic E-state index is 12.3. The van der Waals surface area contributed by atoms with Crippen LogP contribution >= 0.6 is 0 Å². The quantitative estimate of drug-likeness (QED) is 0.750. The molecule has 0 saturated carbocycles. The minimum atomic E-state index is -2.88. The number of alkyl halides is 2. The third kappa shape index (κ3) is 4.97. The minimum Gasteiger partial charge on any atom is -0.465 e. The van der Waals surface area contributed by atoms with Crippen molar-refractivity contribution in [3.05, 3.63) is 59.4 Å². The monoisotopic (exact) mass is 350 g/mol. The van der Waals surface area contributed by atoms with E-state index in [1.54, 1.807) is 19.2 Å². The minimum absolute atomic E-state index is 0.0489. The molecular formula is C17H16F2N2O4. The highest BCUT2D eigenvalue weighted by molar-refractivity contribution is 5.94. The number of carbonyl (C=O) groups is 2. The topological polar surface area (TPSA) is 68.7 Å². The highest BCUT2D eigenvalue weighted by atomic mass is 19.3. The Labute approximate surface area is 143 Å². The summed E-state index contributed by atoms with van der Waals surface area (Å²) in [7, 11) is 2.84. The predicted octanol–water partition coefficient (Wildman–Crippen LogP) is 2.74. The zero-order valence-electron chi connectivity index (χ0n) is 13.6. The van der Waals surface area contributed by atoms with E-state index in [-0.39, 0.29) is 29.5 Å². The molecule has 25 heavy (non-hydrogen) atoms. The lowest BCUT2D eigenvalue weighted by Gasteiger charge is -2.17. The lowest BCUT2D eigenvalue weighted by atomic mass is 10.2. The Morgan fingerprint density at radius 3 is 2.36 bits per heavy atom. The number of benzene rings is 1. The van der Waals surface area contributed by atoms with Gasteiger partial charge in [-0.3, -0.25) is 9.78 Å². The summed E-state index contributed by atoms with van der Waals surface area (Å²) in [6, 6.07) is 8.89. The van der Waals surface area contributed by atoms with E-state index >= 15 is 0 Å². The number of halogens is 2. The average Bonchev–Trinajstić information content (AvgIpc) is 2.61. The molecule has 6 nitrogen and oxygen atoms in total. The van der Waals surface area contributed by atoms with E-state index in [0.717, 1.165) is 5.56 Å². The van der Waals surface area contributed by atoms with Gasteiger partial charge in [-0.05, 0) is 29.8 Å². The summed E-state index contributed by atoms with van der Waals surface area (Å²) in [6.45, 7) is -2.62. The Kier molecular flexibility index (Phi) is 5.99. The van der Waals surface area contributed by atoms with E-state index in [4.69, 9.17) is 0 Å². The fourth-order valence-electron chi connectivity index (χ4n) is 2.08. The zero-order valence-corrected chi connectivity index (χ0v) is 13.6. The lowest BCUT2D eigenvalue weighted by Crippen LogP contribution is -2.27. The Bertz CT molecular complexity index is 733. The predicted molar refractivity (Wildman–Crippen MR) is 84.4 cm³/mol. The molecule has 0 bridgehead atoms. The number of carbonyl (C=O) groups excluding carboxylic acids is 2. The molecule has 0 unspecified atom stereocenters. The SMILES string of the molecule is COC(=O)c1ccc(C(=O)N(C)Cc2ccc(OC(F)F)cc2)nc1. The van der Waals surface area contributed by atoms with Crippen molar-refractivity contribution in [1.29, 1.82) is 0 Å². The van der Waals surface area contributed by atoms with Gasteiger partial charge in [0.2, 0.25) is 0 Å². The molecule has 0 spiro atoms. The van der Waals surface area contributed by atoms with Gasteiger partial charge in [0.15, 0.2) is 0 Å². The van der Waals surface area contributed by atoms with Crippen LogP contribution in [0.4, 0.5) is 8.78 Å². The Morgan fingerprint density at radius 2 is 1.84 bits per heavy atom. The molecule has 2 aromatic rings. The maximum Gasteiger partial charge on any atom is 0.387 e. The van der Waals surface area contributed by atoms with Gasteiger partial charge < -0.3 is 14.4 Å². The van der Waals surface area contributed by atoms with Crippen molar-refractivity contribution < 1.29 is 27.8 Å². The molecule has 0 aliphatic carbocycles. The van der Waals surface area contributed by atoms with Crippen LogP contribution in [-0.4, -0.2) is 42.5 Å². The zero-order chi connectivity index (χ0) is 18.4. The number of hydrogen-bond acceptors (Lipinski definition) is 5. The summed E-state index contributed by atoms with van der Waals surface area (Å²) < 4.78 is 33.1. The largest absolute Gasteiger partial charge is 0.465 e. The van der Waals surface area contributed by atoms with E-state index in [0.29, 0.717) is 0 Å². The molecular weight excluding hydrogens is 334 g/mol. The van der Waals surface area contributed by atoms with Crippen molar-refractivity contribution in [3.8, 4) is 5.75 Å². The molecule has 0 radical (unpaired) electrons. The molecule has 1 heterocycles. The van der Waals surface area contributed by atoms with Gasteiger partial charge in [0.1, 0.15) is 11.4 Å². The van der Waals surface area contributed by atoms with Gasteiger partial charge in [-0.25, -0.2) is 4.79 Å². The van der Waals surface area contributed by atoms with Gasteiger partial charge in [-0.1, -0.05) is 12.1 Å². The van der Waals surface area contributed by atoms with Gasteiger partial charge in [0, 0.05) is 19.8 Å². The third-order valence-electron chi connectivity index (χ3n) is 3.32. The van der Waals surface area contributed by atoms with Crippen LogP contribution in [0.1, 0.15) is 26.4 Å². The summed E-state index contributed by atoms with van der Waals surface area (Å²) in [5.41, 5.74) is 1.16. The van der Waals surface area contributed by atoms with E-state index in [1.807, 2.05) is 0 Å².